The molecule has 0 spiro atoms. The molecule has 0 bridgehead atoms. The molecule has 1 saturated heterocycles. The molecule has 1 heterocycles. The predicted octanol–water partition coefficient (Wildman–Crippen LogP) is -3.07. The van der Waals surface area contributed by atoms with Crippen molar-refractivity contribution in [3.8, 4) is 5.75 Å². The van der Waals surface area contributed by atoms with Crippen molar-refractivity contribution in [2.75, 3.05) is 19.7 Å². The Morgan fingerprint density at radius 3 is 1.52 bits per heavy atom. The number of hydrogen-bond acceptors (Lipinski definition) is 17. The van der Waals surface area contributed by atoms with Gasteiger partial charge in [0.15, 0.2) is 0 Å². The lowest BCUT2D eigenvalue weighted by molar-refractivity contribution is -0.143. The first-order chi connectivity index (χ1) is 43.0. The van der Waals surface area contributed by atoms with Crippen LogP contribution in [0.5, 0.6) is 5.75 Å². The number of aliphatic carboxylic acids is 1. The highest BCUT2D eigenvalue weighted by Gasteiger charge is 2.42. The maximum Gasteiger partial charge on any atom is 0.322 e. The molecule has 18 N–H and O–H groups in total. The van der Waals surface area contributed by atoms with Crippen LogP contribution in [0.15, 0.2) is 84.9 Å². The van der Waals surface area contributed by atoms with Gasteiger partial charge in [0.2, 0.25) is 65.0 Å². The summed E-state index contributed by atoms with van der Waals surface area (Å²) in [6.45, 7) is 7.51. The first kappa shape index (κ1) is 74.4. The zero-order valence-corrected chi connectivity index (χ0v) is 51.9. The van der Waals surface area contributed by atoms with Crippen molar-refractivity contribution < 1.29 is 83.1 Å². The van der Waals surface area contributed by atoms with E-state index in [9.17, 15) is 83.1 Å². The lowest BCUT2D eigenvalue weighted by Gasteiger charge is -2.32. The van der Waals surface area contributed by atoms with E-state index in [1.54, 1.807) is 74.5 Å². The number of benzene rings is 3. The van der Waals surface area contributed by atoms with Crippen molar-refractivity contribution >= 4 is 70.9 Å². The molecule has 11 amide bonds. The Labute approximate surface area is 527 Å². The maximum atomic E-state index is 14.8. The molecule has 0 unspecified atom stereocenters. The predicted molar refractivity (Wildman–Crippen MR) is 329 cm³/mol. The second-order valence-electron chi connectivity index (χ2n) is 23.1. The molecule has 3 aromatic rings. The number of carbonyl (C=O) groups is 12. The van der Waals surface area contributed by atoms with Crippen LogP contribution in [0.25, 0.3) is 0 Å². The summed E-state index contributed by atoms with van der Waals surface area (Å²) in [6.07, 6.45) is -3.61. The van der Waals surface area contributed by atoms with Gasteiger partial charge >= 0.3 is 5.97 Å². The van der Waals surface area contributed by atoms with Crippen molar-refractivity contribution in [1.29, 1.82) is 0 Å². The topological polar surface area (TPSA) is 470 Å². The maximum absolute atomic E-state index is 14.8. The lowest BCUT2D eigenvalue weighted by atomic mass is 9.96. The number of aliphatic hydroxyl groups is 3. The first-order valence-corrected chi connectivity index (χ1v) is 30.1. The quantitative estimate of drug-likeness (QED) is 0.0275. The number of carboxylic acid groups (broad SMARTS) is 1. The normalized spacial score (nSPS) is 16.8. The van der Waals surface area contributed by atoms with Crippen LogP contribution >= 0.6 is 0 Å². The summed E-state index contributed by atoms with van der Waals surface area (Å²) in [4.78, 5) is 164. The highest BCUT2D eigenvalue weighted by atomic mass is 16.4. The standard InChI is InChI=1S/C62H88N12O17/c1-7-34(4)50(59(88)73-52(36(6)77)60(89)68-43(54(83)65-31-49(80)81)28-37-15-10-8-11-16-37)71-58(87)47-19-14-26-74(47)62(91)45(30-38-17-12-9-13-18-38)69-57(86)46(32-75)70-61(90)51(35(5)76)72-56(85)44(29-39-20-22-40(78)23-21-39)67-55(84)42(24-25-48(64)79)66-53(82)41(63)27-33(2)3/h8-13,15-18,20-23,33-36,41-47,50-52,75-78H,7,14,19,24-32,63H2,1-6H3,(H2,64,79)(H,65,83)(H,66,82)(H,67,84)(H,68,89)(H,69,86)(H,70,90)(H,71,87)(H,72,85)(H,73,88)(H,80,81)/t34-,35+,36+,41-,42-,43-,44-,45-,46-,47-,50-,51-,52-/m0/s1. The van der Waals surface area contributed by atoms with Gasteiger partial charge in [-0.15, -0.1) is 0 Å². The number of nitrogens with zero attached hydrogens (tertiary/aromatic N) is 1. The number of aliphatic hydroxyl groups excluding tert-OH is 3. The molecular weight excluding hydrogens is 1180 g/mol. The lowest BCUT2D eigenvalue weighted by Crippen LogP contribution is -2.63. The van der Waals surface area contributed by atoms with Crippen molar-refractivity contribution in [2.24, 2.45) is 23.3 Å². The van der Waals surface area contributed by atoms with E-state index in [-0.39, 0.29) is 69.6 Å². The van der Waals surface area contributed by atoms with Gasteiger partial charge in [0.1, 0.15) is 66.7 Å². The molecule has 1 aliphatic heterocycles. The number of primary amides is 1. The minimum atomic E-state index is -1.89. The van der Waals surface area contributed by atoms with Crippen molar-refractivity contribution in [3.05, 3.63) is 102 Å². The van der Waals surface area contributed by atoms with E-state index in [0.717, 1.165) is 6.92 Å². The summed E-state index contributed by atoms with van der Waals surface area (Å²) in [6, 6.07) is 7.36. The van der Waals surface area contributed by atoms with Crippen LogP contribution in [-0.4, -0.2) is 194 Å². The average Bonchev–Trinajstić information content (AvgIpc) is 2.01. The van der Waals surface area contributed by atoms with E-state index in [4.69, 9.17) is 11.5 Å². The fraction of sp³-hybridized carbons (Fsp3) is 0.516. The third-order valence-electron chi connectivity index (χ3n) is 15.2. The highest BCUT2D eigenvalue weighted by molar-refractivity contribution is 5.99. The van der Waals surface area contributed by atoms with E-state index in [0.29, 0.717) is 23.1 Å². The Bertz CT molecular complexity index is 2970. The van der Waals surface area contributed by atoms with Gasteiger partial charge in [-0.25, -0.2) is 0 Å². The molecule has 0 radical (unpaired) electrons. The molecule has 0 saturated carbocycles. The van der Waals surface area contributed by atoms with Gasteiger partial charge in [0.25, 0.3) is 0 Å². The first-order valence-electron chi connectivity index (χ1n) is 30.1. The molecule has 91 heavy (non-hydrogen) atoms. The molecule has 4 rings (SSSR count). The Kier molecular flexibility index (Phi) is 29.9. The van der Waals surface area contributed by atoms with Crippen LogP contribution < -0.4 is 59.3 Å². The van der Waals surface area contributed by atoms with Crippen LogP contribution in [0.4, 0.5) is 0 Å². The number of amides is 11. The average molecular weight is 1270 g/mol. The number of nitrogens with one attached hydrogen (secondary N) is 9. The molecule has 0 aliphatic carbocycles. The van der Waals surface area contributed by atoms with Gasteiger partial charge in [-0.3, -0.25) is 57.5 Å². The third kappa shape index (κ3) is 24.0. The summed E-state index contributed by atoms with van der Waals surface area (Å²) in [5.41, 5.74) is 12.9. The van der Waals surface area contributed by atoms with Gasteiger partial charge in [-0.1, -0.05) is 107 Å². The number of nitrogens with two attached hydrogens (primary N) is 2. The van der Waals surface area contributed by atoms with Gasteiger partial charge in [0, 0.05) is 32.2 Å². The van der Waals surface area contributed by atoms with Gasteiger partial charge in [0.05, 0.1) is 24.9 Å². The minimum absolute atomic E-state index is 0.00590. The number of phenols is 1. The van der Waals surface area contributed by atoms with Crippen LogP contribution in [0.1, 0.15) is 96.8 Å². The number of carboxylic acids is 1. The van der Waals surface area contributed by atoms with Crippen LogP contribution in [-0.2, 0) is 76.8 Å². The highest BCUT2D eigenvalue weighted by Crippen LogP contribution is 2.22. The summed E-state index contributed by atoms with van der Waals surface area (Å²) < 4.78 is 0. The number of carbonyl (C=O) groups excluding carboxylic acids is 11. The Morgan fingerprint density at radius 2 is 1.01 bits per heavy atom. The van der Waals surface area contributed by atoms with E-state index in [1.807, 2.05) is 13.8 Å². The van der Waals surface area contributed by atoms with E-state index < -0.39 is 163 Å². The van der Waals surface area contributed by atoms with Crippen LogP contribution in [0.2, 0.25) is 0 Å². The Hall–Kier alpha value is -9.06. The summed E-state index contributed by atoms with van der Waals surface area (Å²) in [5.74, 6) is -12.3. The second kappa shape index (κ2) is 36.6. The van der Waals surface area contributed by atoms with E-state index in [2.05, 4.69) is 47.9 Å². The van der Waals surface area contributed by atoms with Crippen molar-refractivity contribution in [2.45, 2.75) is 172 Å². The fourth-order valence-corrected chi connectivity index (χ4v) is 9.94. The zero-order valence-electron chi connectivity index (χ0n) is 51.9. The number of hydrogen-bond donors (Lipinski definition) is 16. The monoisotopic (exact) mass is 1270 g/mol. The van der Waals surface area contributed by atoms with Crippen LogP contribution in [0, 0.1) is 11.8 Å². The van der Waals surface area contributed by atoms with Crippen molar-refractivity contribution in [3.63, 3.8) is 0 Å². The zero-order chi connectivity index (χ0) is 67.6. The molecular formula is C62H88N12O17. The molecule has 498 valence electrons. The van der Waals surface area contributed by atoms with Crippen LogP contribution in [0.3, 0.4) is 0 Å². The largest absolute Gasteiger partial charge is 0.508 e. The van der Waals surface area contributed by atoms with Crippen molar-refractivity contribution in [1.82, 2.24) is 52.8 Å². The number of aromatic hydroxyl groups is 1. The fourth-order valence-electron chi connectivity index (χ4n) is 9.94. The summed E-state index contributed by atoms with van der Waals surface area (Å²) in [5, 5.41) is 73.7. The molecule has 13 atom stereocenters. The smallest absolute Gasteiger partial charge is 0.322 e. The molecule has 1 aliphatic rings. The van der Waals surface area contributed by atoms with Gasteiger partial charge in [-0.2, -0.15) is 0 Å². The number of rotatable bonds is 36. The Balaban J connectivity index is 1.55. The number of likely N-dealkylation sites (tertiary alicyclic amines) is 1. The SMILES string of the molecule is CC[C@H](C)[C@H](NC(=O)[C@@H]1CCCN1C(=O)[C@H](Cc1ccccc1)NC(=O)[C@H](CO)NC(=O)[C@@H](NC(=O)[C@H](Cc1ccc(O)cc1)NC(=O)[C@H](CCC(N)=O)NC(=O)[C@@H](N)CC(C)C)[C@@H](C)O)C(=O)N[C@H](C(=O)N[C@@H](Cc1ccccc1)C(=O)NCC(=O)O)[C@@H](C)O. The summed E-state index contributed by atoms with van der Waals surface area (Å²) in [7, 11) is 0. The summed E-state index contributed by atoms with van der Waals surface area (Å²) >= 11 is 0. The van der Waals surface area contributed by atoms with E-state index >= 15 is 0 Å². The molecule has 29 nitrogen and oxygen atoms in total. The molecule has 3 aromatic carbocycles. The minimum Gasteiger partial charge on any atom is -0.508 e. The second-order valence-corrected chi connectivity index (χ2v) is 23.1. The number of phenolic OH excluding ortho intramolecular Hbond substituents is 1. The Morgan fingerprint density at radius 1 is 0.560 bits per heavy atom. The van der Waals surface area contributed by atoms with Gasteiger partial charge < -0.3 is 89.8 Å². The van der Waals surface area contributed by atoms with E-state index in [1.165, 1.54) is 36.1 Å². The third-order valence-corrected chi connectivity index (χ3v) is 15.2. The van der Waals surface area contributed by atoms with Gasteiger partial charge in [-0.05, 0) is 80.2 Å². The molecule has 0 aromatic heterocycles. The molecule has 29 heteroatoms. The molecule has 1 fully saturated rings.